The molecular weight excluding hydrogens is 306 g/mol. The molecule has 0 atom stereocenters. The normalized spacial score (nSPS) is 17.2. The van der Waals surface area contributed by atoms with Crippen LogP contribution in [0.4, 0.5) is 0 Å². The summed E-state index contributed by atoms with van der Waals surface area (Å²) in [6.45, 7) is 0. The molecule has 1 aliphatic rings. The molecule has 1 fully saturated rings. The van der Waals surface area contributed by atoms with E-state index in [1.807, 2.05) is 12.1 Å². The smallest absolute Gasteiger partial charge is 0.228 e. The van der Waals surface area contributed by atoms with Crippen molar-refractivity contribution in [2.75, 3.05) is 0 Å². The highest BCUT2D eigenvalue weighted by molar-refractivity contribution is 9.10. The van der Waals surface area contributed by atoms with Gasteiger partial charge in [0.15, 0.2) is 5.82 Å². The lowest BCUT2D eigenvalue weighted by Gasteiger charge is -2.36. The molecule has 2 N–H and O–H groups in total. The van der Waals surface area contributed by atoms with Gasteiger partial charge in [0, 0.05) is 22.9 Å². The zero-order valence-electron chi connectivity index (χ0n) is 10.6. The summed E-state index contributed by atoms with van der Waals surface area (Å²) < 4.78 is 6.35. The zero-order valence-corrected chi connectivity index (χ0v) is 12.2. The number of hydrogen-bond acceptors (Lipinski definition) is 4. The maximum Gasteiger partial charge on any atom is 0.228 e. The van der Waals surface area contributed by atoms with Gasteiger partial charge >= 0.3 is 0 Å². The number of rotatable bonds is 4. The summed E-state index contributed by atoms with van der Waals surface area (Å²) in [6, 6.07) is 8.13. The largest absolute Gasteiger partial charge is 0.339 e. The molecule has 0 spiro atoms. The molecule has 4 nitrogen and oxygen atoms in total. The molecule has 1 aromatic carbocycles. The third kappa shape index (κ3) is 3.04. The van der Waals surface area contributed by atoms with Crippen molar-refractivity contribution in [2.45, 2.75) is 37.6 Å². The summed E-state index contributed by atoms with van der Waals surface area (Å²) in [5.74, 6) is 1.38. The lowest BCUT2D eigenvalue weighted by Crippen LogP contribution is -2.48. The number of nitrogens with zero attached hydrogens (tertiary/aromatic N) is 2. The highest BCUT2D eigenvalue weighted by Crippen LogP contribution is 2.31. The van der Waals surface area contributed by atoms with Crippen molar-refractivity contribution in [3.8, 4) is 0 Å². The lowest BCUT2D eigenvalue weighted by atomic mass is 9.75. The van der Waals surface area contributed by atoms with Crippen LogP contribution >= 0.6 is 15.9 Å². The van der Waals surface area contributed by atoms with Crippen molar-refractivity contribution < 1.29 is 4.52 Å². The molecule has 1 aromatic heterocycles. The van der Waals surface area contributed by atoms with E-state index in [0.29, 0.717) is 18.7 Å². The van der Waals surface area contributed by atoms with Gasteiger partial charge in [-0.1, -0.05) is 33.2 Å². The maximum atomic E-state index is 6.18. The molecule has 0 amide bonds. The van der Waals surface area contributed by atoms with Gasteiger partial charge in [0.05, 0.1) is 0 Å². The standard InChI is InChI=1S/C14H16BrN3O/c15-11-4-2-10(3-5-11)8-12-17-13(19-18-12)9-14(16)6-1-7-14/h2-5H,1,6-9,16H2. The van der Waals surface area contributed by atoms with Crippen molar-refractivity contribution in [2.24, 2.45) is 5.73 Å². The Morgan fingerprint density at radius 3 is 2.63 bits per heavy atom. The molecule has 0 bridgehead atoms. The highest BCUT2D eigenvalue weighted by Gasteiger charge is 2.34. The molecule has 1 aliphatic carbocycles. The third-order valence-electron chi connectivity index (χ3n) is 3.64. The Balaban J connectivity index is 1.66. The second kappa shape index (κ2) is 5.06. The monoisotopic (exact) mass is 321 g/mol. The number of benzene rings is 1. The van der Waals surface area contributed by atoms with Gasteiger partial charge in [0.2, 0.25) is 5.89 Å². The van der Waals surface area contributed by atoms with Crippen LogP contribution in [-0.2, 0) is 12.8 Å². The second-order valence-corrected chi connectivity index (χ2v) is 6.22. The van der Waals surface area contributed by atoms with Gasteiger partial charge in [-0.05, 0) is 37.0 Å². The Bertz CT molecular complexity index is 560. The first-order chi connectivity index (χ1) is 9.13. The fourth-order valence-corrected chi connectivity index (χ4v) is 2.59. The Labute approximate surface area is 120 Å². The van der Waals surface area contributed by atoms with Gasteiger partial charge in [-0.15, -0.1) is 0 Å². The maximum absolute atomic E-state index is 6.18. The van der Waals surface area contributed by atoms with Crippen LogP contribution in [-0.4, -0.2) is 15.7 Å². The molecule has 1 heterocycles. The molecule has 0 unspecified atom stereocenters. The van der Waals surface area contributed by atoms with Crippen molar-refractivity contribution in [1.29, 1.82) is 0 Å². The van der Waals surface area contributed by atoms with Crippen LogP contribution in [0.25, 0.3) is 0 Å². The molecule has 0 aliphatic heterocycles. The molecular formula is C14H16BrN3O. The second-order valence-electron chi connectivity index (χ2n) is 5.30. The molecule has 0 radical (unpaired) electrons. The average Bonchev–Trinajstić information content (AvgIpc) is 2.77. The first kappa shape index (κ1) is 12.8. The van der Waals surface area contributed by atoms with E-state index in [1.165, 1.54) is 12.0 Å². The van der Waals surface area contributed by atoms with Crippen LogP contribution < -0.4 is 5.73 Å². The van der Waals surface area contributed by atoms with E-state index in [-0.39, 0.29) is 5.54 Å². The van der Waals surface area contributed by atoms with E-state index in [4.69, 9.17) is 10.3 Å². The summed E-state index contributed by atoms with van der Waals surface area (Å²) in [6.07, 6.45) is 4.69. The van der Waals surface area contributed by atoms with Gasteiger partial charge in [-0.2, -0.15) is 4.98 Å². The molecule has 0 saturated heterocycles. The number of halogens is 1. The SMILES string of the molecule is NC1(Cc2nc(Cc3ccc(Br)cc3)no2)CCC1. The van der Waals surface area contributed by atoms with Crippen LogP contribution in [0.5, 0.6) is 0 Å². The van der Waals surface area contributed by atoms with Crippen molar-refractivity contribution in [3.63, 3.8) is 0 Å². The van der Waals surface area contributed by atoms with Crippen LogP contribution in [0.2, 0.25) is 0 Å². The van der Waals surface area contributed by atoms with Gasteiger partial charge < -0.3 is 10.3 Å². The molecule has 3 rings (SSSR count). The summed E-state index contributed by atoms with van der Waals surface area (Å²) in [7, 11) is 0. The summed E-state index contributed by atoms with van der Waals surface area (Å²) in [4.78, 5) is 4.43. The molecule has 100 valence electrons. The Kier molecular flexibility index (Phi) is 3.41. The van der Waals surface area contributed by atoms with E-state index in [9.17, 15) is 0 Å². The number of aromatic nitrogens is 2. The molecule has 2 aromatic rings. The fraction of sp³-hybridized carbons (Fsp3) is 0.429. The van der Waals surface area contributed by atoms with E-state index in [2.05, 4.69) is 38.2 Å². The first-order valence-electron chi connectivity index (χ1n) is 6.48. The van der Waals surface area contributed by atoms with E-state index < -0.39 is 0 Å². The number of hydrogen-bond donors (Lipinski definition) is 1. The first-order valence-corrected chi connectivity index (χ1v) is 7.27. The Morgan fingerprint density at radius 2 is 2.00 bits per heavy atom. The van der Waals surface area contributed by atoms with Gasteiger partial charge in [0.1, 0.15) is 0 Å². The van der Waals surface area contributed by atoms with E-state index >= 15 is 0 Å². The van der Waals surface area contributed by atoms with Crippen LogP contribution in [0.3, 0.4) is 0 Å². The average molecular weight is 322 g/mol. The predicted octanol–water partition coefficient (Wildman–Crippen LogP) is 2.85. The molecule has 1 saturated carbocycles. The predicted molar refractivity (Wildman–Crippen MR) is 75.7 cm³/mol. The minimum absolute atomic E-state index is 0.110. The van der Waals surface area contributed by atoms with Crippen LogP contribution in [0, 0.1) is 0 Å². The van der Waals surface area contributed by atoms with Crippen LogP contribution in [0.15, 0.2) is 33.3 Å². The number of nitrogens with two attached hydrogens (primary N) is 1. The minimum atomic E-state index is -0.110. The third-order valence-corrected chi connectivity index (χ3v) is 4.17. The topological polar surface area (TPSA) is 64.9 Å². The Hall–Kier alpha value is -1.20. The molecule has 5 heteroatoms. The highest BCUT2D eigenvalue weighted by atomic mass is 79.9. The summed E-state index contributed by atoms with van der Waals surface area (Å²) in [5.41, 5.74) is 7.24. The quantitative estimate of drug-likeness (QED) is 0.940. The van der Waals surface area contributed by atoms with E-state index in [0.717, 1.165) is 23.1 Å². The molecule has 19 heavy (non-hydrogen) atoms. The van der Waals surface area contributed by atoms with E-state index in [1.54, 1.807) is 0 Å². The summed E-state index contributed by atoms with van der Waals surface area (Å²) >= 11 is 3.42. The lowest BCUT2D eigenvalue weighted by molar-refractivity contribution is 0.221. The van der Waals surface area contributed by atoms with Gasteiger partial charge in [-0.25, -0.2) is 0 Å². The van der Waals surface area contributed by atoms with Crippen molar-refractivity contribution in [1.82, 2.24) is 10.1 Å². The Morgan fingerprint density at radius 1 is 1.26 bits per heavy atom. The minimum Gasteiger partial charge on any atom is -0.339 e. The van der Waals surface area contributed by atoms with Gasteiger partial charge in [-0.3, -0.25) is 0 Å². The fourth-order valence-electron chi connectivity index (χ4n) is 2.33. The summed E-state index contributed by atoms with van der Waals surface area (Å²) in [5, 5.41) is 4.02. The zero-order chi connectivity index (χ0) is 13.3. The van der Waals surface area contributed by atoms with Crippen molar-refractivity contribution >= 4 is 15.9 Å². The van der Waals surface area contributed by atoms with Crippen molar-refractivity contribution in [3.05, 3.63) is 46.0 Å². The van der Waals surface area contributed by atoms with Gasteiger partial charge in [0.25, 0.3) is 0 Å². The van der Waals surface area contributed by atoms with Crippen LogP contribution in [0.1, 0.15) is 36.5 Å².